The van der Waals surface area contributed by atoms with E-state index >= 15 is 0 Å². The predicted octanol–water partition coefficient (Wildman–Crippen LogP) is 2.19. The molecule has 1 aliphatic heterocycles. The third kappa shape index (κ3) is 4.66. The molecule has 29 heavy (non-hydrogen) atoms. The first-order chi connectivity index (χ1) is 13.9. The zero-order chi connectivity index (χ0) is 21.0. The molecule has 0 bridgehead atoms. The summed E-state index contributed by atoms with van der Waals surface area (Å²) >= 11 is 0. The molecule has 0 spiro atoms. The van der Waals surface area contributed by atoms with Crippen molar-refractivity contribution in [1.29, 1.82) is 0 Å². The molecule has 2 atom stereocenters. The number of carboxylic acid groups (broad SMARTS) is 1. The lowest BCUT2D eigenvalue weighted by molar-refractivity contribution is -0.145. The molecule has 0 aliphatic carbocycles. The first-order valence-electron chi connectivity index (χ1n) is 9.11. The maximum atomic E-state index is 12.6. The minimum absolute atomic E-state index is 0.130. The summed E-state index contributed by atoms with van der Waals surface area (Å²) in [6, 6.07) is 12.5. The van der Waals surface area contributed by atoms with Gasteiger partial charge in [-0.1, -0.05) is 24.3 Å². The SMILES string of the molecule is COC(=O)[C@@H]1CN(C(=O)NCc2ccc(C(=O)O)cc2)C[C@H]1c1ccc(O)cc1. The summed E-state index contributed by atoms with van der Waals surface area (Å²) in [7, 11) is 1.32. The second kappa shape index (κ2) is 8.64. The van der Waals surface area contributed by atoms with Crippen LogP contribution >= 0.6 is 0 Å². The fraction of sp³-hybridized carbons (Fsp3) is 0.286. The number of ether oxygens (including phenoxy) is 1. The summed E-state index contributed by atoms with van der Waals surface area (Å²) < 4.78 is 4.90. The second-order valence-electron chi connectivity index (χ2n) is 6.89. The van der Waals surface area contributed by atoms with Gasteiger partial charge in [-0.3, -0.25) is 4.79 Å². The molecular formula is C21H22N2O6. The summed E-state index contributed by atoms with van der Waals surface area (Å²) in [5, 5.41) is 21.2. The molecule has 0 unspecified atom stereocenters. The molecule has 1 aliphatic rings. The molecule has 0 aromatic heterocycles. The van der Waals surface area contributed by atoms with Crippen LogP contribution in [0.3, 0.4) is 0 Å². The summed E-state index contributed by atoms with van der Waals surface area (Å²) in [4.78, 5) is 37.3. The monoisotopic (exact) mass is 398 g/mol. The smallest absolute Gasteiger partial charge is 0.335 e. The van der Waals surface area contributed by atoms with Gasteiger partial charge in [-0.05, 0) is 35.4 Å². The number of hydrogen-bond acceptors (Lipinski definition) is 5. The van der Waals surface area contributed by atoms with E-state index in [9.17, 15) is 19.5 Å². The molecule has 0 radical (unpaired) electrons. The van der Waals surface area contributed by atoms with Crippen molar-refractivity contribution < 1.29 is 29.3 Å². The molecule has 3 rings (SSSR count). The fourth-order valence-electron chi connectivity index (χ4n) is 3.47. The number of esters is 1. The molecule has 1 fully saturated rings. The van der Waals surface area contributed by atoms with Crippen LogP contribution in [0.5, 0.6) is 5.75 Å². The average Bonchev–Trinajstić information content (AvgIpc) is 3.17. The van der Waals surface area contributed by atoms with E-state index in [-0.39, 0.29) is 42.3 Å². The number of carboxylic acids is 1. The molecule has 8 nitrogen and oxygen atoms in total. The molecule has 0 saturated carbocycles. The Kier molecular flexibility index (Phi) is 6.01. The maximum absolute atomic E-state index is 12.6. The minimum atomic E-state index is -1.01. The van der Waals surface area contributed by atoms with E-state index in [1.165, 1.54) is 19.2 Å². The number of benzene rings is 2. The van der Waals surface area contributed by atoms with Crippen molar-refractivity contribution in [3.05, 3.63) is 65.2 Å². The maximum Gasteiger partial charge on any atom is 0.335 e. The van der Waals surface area contributed by atoms with E-state index in [0.29, 0.717) is 6.54 Å². The van der Waals surface area contributed by atoms with Crippen LogP contribution in [0, 0.1) is 5.92 Å². The highest BCUT2D eigenvalue weighted by Gasteiger charge is 2.41. The Morgan fingerprint density at radius 3 is 2.31 bits per heavy atom. The van der Waals surface area contributed by atoms with Gasteiger partial charge in [0.2, 0.25) is 0 Å². The highest BCUT2D eigenvalue weighted by atomic mass is 16.5. The third-order valence-corrected chi connectivity index (χ3v) is 5.08. The molecule has 1 heterocycles. The Balaban J connectivity index is 1.66. The van der Waals surface area contributed by atoms with Gasteiger partial charge in [-0.15, -0.1) is 0 Å². The molecule has 152 valence electrons. The molecule has 3 N–H and O–H groups in total. The van der Waals surface area contributed by atoms with E-state index in [0.717, 1.165) is 11.1 Å². The van der Waals surface area contributed by atoms with Crippen LogP contribution in [0.1, 0.15) is 27.4 Å². The predicted molar refractivity (Wildman–Crippen MR) is 104 cm³/mol. The van der Waals surface area contributed by atoms with Crippen LogP contribution in [0.4, 0.5) is 4.79 Å². The number of nitrogens with zero attached hydrogens (tertiary/aromatic N) is 1. The Morgan fingerprint density at radius 2 is 1.72 bits per heavy atom. The number of phenols is 1. The van der Waals surface area contributed by atoms with E-state index in [4.69, 9.17) is 9.84 Å². The molecule has 1 saturated heterocycles. The van der Waals surface area contributed by atoms with Crippen LogP contribution in [-0.4, -0.2) is 53.3 Å². The first kappa shape index (κ1) is 20.2. The summed E-state index contributed by atoms with van der Waals surface area (Å²) in [6.45, 7) is 0.804. The lowest BCUT2D eigenvalue weighted by atomic mass is 9.89. The van der Waals surface area contributed by atoms with Crippen LogP contribution in [0.25, 0.3) is 0 Å². The number of aromatic carboxylic acids is 1. The zero-order valence-corrected chi connectivity index (χ0v) is 15.9. The highest BCUT2D eigenvalue weighted by Crippen LogP contribution is 2.34. The van der Waals surface area contributed by atoms with Crippen molar-refractivity contribution in [3.8, 4) is 5.75 Å². The summed E-state index contributed by atoms with van der Waals surface area (Å²) in [5.41, 5.74) is 1.79. The fourth-order valence-corrected chi connectivity index (χ4v) is 3.47. The number of likely N-dealkylation sites (tertiary alicyclic amines) is 1. The van der Waals surface area contributed by atoms with Crippen LogP contribution in [-0.2, 0) is 16.1 Å². The van der Waals surface area contributed by atoms with Gasteiger partial charge in [-0.25, -0.2) is 9.59 Å². The normalized spacial score (nSPS) is 18.3. The van der Waals surface area contributed by atoms with E-state index < -0.39 is 11.9 Å². The number of hydrogen-bond donors (Lipinski definition) is 3. The van der Waals surface area contributed by atoms with Crippen molar-refractivity contribution in [2.45, 2.75) is 12.5 Å². The van der Waals surface area contributed by atoms with Gasteiger partial charge >= 0.3 is 18.0 Å². The van der Waals surface area contributed by atoms with E-state index in [2.05, 4.69) is 5.32 Å². The van der Waals surface area contributed by atoms with Crippen molar-refractivity contribution >= 4 is 18.0 Å². The molecule has 2 aromatic carbocycles. The zero-order valence-electron chi connectivity index (χ0n) is 15.9. The van der Waals surface area contributed by atoms with Crippen molar-refractivity contribution in [1.82, 2.24) is 10.2 Å². The number of carbonyl (C=O) groups excluding carboxylic acids is 2. The number of phenolic OH excluding ortho intramolecular Hbond substituents is 1. The van der Waals surface area contributed by atoms with Crippen LogP contribution < -0.4 is 5.32 Å². The van der Waals surface area contributed by atoms with Crippen molar-refractivity contribution in [2.75, 3.05) is 20.2 Å². The second-order valence-corrected chi connectivity index (χ2v) is 6.89. The number of methoxy groups -OCH3 is 1. The molecule has 2 amide bonds. The van der Waals surface area contributed by atoms with Gasteiger partial charge in [0.15, 0.2) is 0 Å². The van der Waals surface area contributed by atoms with Crippen molar-refractivity contribution in [2.24, 2.45) is 5.92 Å². The topological polar surface area (TPSA) is 116 Å². The molecule has 2 aromatic rings. The minimum Gasteiger partial charge on any atom is -0.508 e. The number of aromatic hydroxyl groups is 1. The number of carbonyl (C=O) groups is 3. The summed E-state index contributed by atoms with van der Waals surface area (Å²) in [6.07, 6.45) is 0. The Morgan fingerprint density at radius 1 is 1.07 bits per heavy atom. The van der Waals surface area contributed by atoms with Crippen LogP contribution in [0.2, 0.25) is 0 Å². The first-order valence-corrected chi connectivity index (χ1v) is 9.11. The number of urea groups is 1. The van der Waals surface area contributed by atoms with Gasteiger partial charge in [0.1, 0.15) is 5.75 Å². The largest absolute Gasteiger partial charge is 0.508 e. The number of amides is 2. The summed E-state index contributed by atoms with van der Waals surface area (Å²) in [5.74, 6) is -1.99. The van der Waals surface area contributed by atoms with Crippen molar-refractivity contribution in [3.63, 3.8) is 0 Å². The Hall–Kier alpha value is -3.55. The van der Waals surface area contributed by atoms with E-state index in [1.54, 1.807) is 41.3 Å². The number of nitrogens with one attached hydrogen (secondary N) is 1. The lowest BCUT2D eigenvalue weighted by Gasteiger charge is -2.17. The van der Waals surface area contributed by atoms with Crippen LogP contribution in [0.15, 0.2) is 48.5 Å². The number of rotatable bonds is 5. The van der Waals surface area contributed by atoms with Gasteiger partial charge in [0.05, 0.1) is 18.6 Å². The van der Waals surface area contributed by atoms with Gasteiger partial charge in [0, 0.05) is 25.6 Å². The third-order valence-electron chi connectivity index (χ3n) is 5.08. The van der Waals surface area contributed by atoms with E-state index in [1.807, 2.05) is 0 Å². The molecular weight excluding hydrogens is 376 g/mol. The Labute approximate surface area is 167 Å². The highest BCUT2D eigenvalue weighted by molar-refractivity contribution is 5.87. The van der Waals surface area contributed by atoms with Gasteiger partial charge in [-0.2, -0.15) is 0 Å². The quantitative estimate of drug-likeness (QED) is 0.665. The van der Waals surface area contributed by atoms with Gasteiger partial charge in [0.25, 0.3) is 0 Å². The lowest BCUT2D eigenvalue weighted by Crippen LogP contribution is -2.38. The standard InChI is InChI=1S/C21H22N2O6/c1-29-20(27)18-12-23(11-17(18)14-6-8-16(24)9-7-14)21(28)22-10-13-2-4-15(5-3-13)19(25)26/h2-9,17-18,24H,10-12H2,1H3,(H,22,28)(H,25,26)/t17-,18+/m0/s1. The molecule has 8 heteroatoms. The Bertz CT molecular complexity index is 894. The van der Waals surface area contributed by atoms with Gasteiger partial charge < -0.3 is 25.2 Å². The average molecular weight is 398 g/mol.